The molecule has 0 unspecified atom stereocenters. The van der Waals surface area contributed by atoms with Crippen LogP contribution in [0.1, 0.15) is 16.8 Å². The lowest BCUT2D eigenvalue weighted by atomic mass is 10.2. The normalized spacial score (nSPS) is 10.9. The van der Waals surface area contributed by atoms with Gasteiger partial charge in [0.05, 0.1) is 18.5 Å². The number of nitrogens with one attached hydrogen (secondary N) is 2. The minimum Gasteiger partial charge on any atom is -0.342 e. The van der Waals surface area contributed by atoms with E-state index in [2.05, 4.69) is 15.8 Å². The van der Waals surface area contributed by atoms with Crippen molar-refractivity contribution < 1.29 is 4.39 Å². The number of hydrazone groups is 1. The van der Waals surface area contributed by atoms with Crippen LogP contribution in [0, 0.1) is 12.7 Å². The number of rotatable bonds is 5. The number of halogens is 2. The second kappa shape index (κ2) is 8.79. The Bertz CT molecular complexity index is 984. The molecule has 0 saturated carbocycles. The van der Waals surface area contributed by atoms with Crippen LogP contribution in [0.4, 0.5) is 10.1 Å². The highest BCUT2D eigenvalue weighted by Crippen LogP contribution is 2.22. The van der Waals surface area contributed by atoms with E-state index >= 15 is 0 Å². The Morgan fingerprint density at radius 2 is 2.00 bits per heavy atom. The van der Waals surface area contributed by atoms with Crippen LogP contribution in [0.15, 0.2) is 65.9 Å². The summed E-state index contributed by atoms with van der Waals surface area (Å²) in [5, 5.41) is 8.23. The molecule has 2 N–H and O–H groups in total. The van der Waals surface area contributed by atoms with Gasteiger partial charge >= 0.3 is 0 Å². The lowest BCUT2D eigenvalue weighted by Crippen LogP contribution is -2.24. The lowest BCUT2D eigenvalue weighted by molar-refractivity contribution is 0.599. The largest absolute Gasteiger partial charge is 0.342 e. The number of aromatic nitrogens is 1. The van der Waals surface area contributed by atoms with Gasteiger partial charge in [0.25, 0.3) is 0 Å². The monoisotopic (exact) mass is 400 g/mol. The SMILES string of the molecule is Cc1c(Cl)cccc1NC(=S)N/N=C\c1cccn1Cc1ccccc1F. The maximum absolute atomic E-state index is 13.8. The molecular weight excluding hydrogens is 383 g/mol. The Morgan fingerprint density at radius 1 is 1.19 bits per heavy atom. The molecule has 0 aliphatic heterocycles. The van der Waals surface area contributed by atoms with Gasteiger partial charge in [-0.1, -0.05) is 35.9 Å². The minimum atomic E-state index is -0.227. The van der Waals surface area contributed by atoms with E-state index in [9.17, 15) is 4.39 Å². The van der Waals surface area contributed by atoms with Gasteiger partial charge in [-0.05, 0) is 55.0 Å². The molecular formula is C20H18ClFN4S. The molecule has 0 atom stereocenters. The van der Waals surface area contributed by atoms with E-state index < -0.39 is 0 Å². The summed E-state index contributed by atoms with van der Waals surface area (Å²) >= 11 is 11.4. The van der Waals surface area contributed by atoms with Gasteiger partial charge in [0.15, 0.2) is 5.11 Å². The summed E-state index contributed by atoms with van der Waals surface area (Å²) in [6, 6.07) is 16.0. The van der Waals surface area contributed by atoms with Crippen LogP contribution in [0.3, 0.4) is 0 Å². The maximum atomic E-state index is 13.8. The van der Waals surface area contributed by atoms with E-state index in [4.69, 9.17) is 23.8 Å². The summed E-state index contributed by atoms with van der Waals surface area (Å²) in [6.07, 6.45) is 3.51. The molecule has 0 spiro atoms. The molecule has 3 rings (SSSR count). The van der Waals surface area contributed by atoms with Crippen LogP contribution in [-0.4, -0.2) is 15.9 Å². The molecule has 0 aliphatic carbocycles. The molecule has 0 amide bonds. The van der Waals surface area contributed by atoms with E-state index in [1.54, 1.807) is 18.3 Å². The zero-order chi connectivity index (χ0) is 19.2. The fourth-order valence-corrected chi connectivity index (χ4v) is 2.89. The maximum Gasteiger partial charge on any atom is 0.191 e. The van der Waals surface area contributed by atoms with Gasteiger partial charge in [-0.2, -0.15) is 5.10 Å². The summed E-state index contributed by atoms with van der Waals surface area (Å²) in [6.45, 7) is 2.33. The van der Waals surface area contributed by atoms with Crippen LogP contribution < -0.4 is 10.7 Å². The van der Waals surface area contributed by atoms with Gasteiger partial charge in [0.2, 0.25) is 0 Å². The lowest BCUT2D eigenvalue weighted by Gasteiger charge is -2.11. The average molecular weight is 401 g/mol. The Labute approximate surface area is 167 Å². The number of anilines is 1. The van der Waals surface area contributed by atoms with Crippen LogP contribution in [0.25, 0.3) is 0 Å². The molecule has 138 valence electrons. The first-order chi connectivity index (χ1) is 13.0. The van der Waals surface area contributed by atoms with E-state index in [1.165, 1.54) is 6.07 Å². The van der Waals surface area contributed by atoms with Gasteiger partial charge in [0.1, 0.15) is 5.82 Å². The second-order valence-electron chi connectivity index (χ2n) is 5.89. The first-order valence-electron chi connectivity index (χ1n) is 8.28. The minimum absolute atomic E-state index is 0.227. The molecule has 2 aromatic carbocycles. The first-order valence-corrected chi connectivity index (χ1v) is 9.07. The first kappa shape index (κ1) is 19.1. The van der Waals surface area contributed by atoms with Crippen LogP contribution in [0.2, 0.25) is 5.02 Å². The van der Waals surface area contributed by atoms with E-state index in [-0.39, 0.29) is 5.82 Å². The Kier molecular flexibility index (Phi) is 6.21. The Morgan fingerprint density at radius 3 is 2.81 bits per heavy atom. The molecule has 0 fully saturated rings. The molecule has 7 heteroatoms. The van der Waals surface area contributed by atoms with Crippen LogP contribution >= 0.6 is 23.8 Å². The summed E-state index contributed by atoms with van der Waals surface area (Å²) in [4.78, 5) is 0. The zero-order valence-electron chi connectivity index (χ0n) is 14.6. The molecule has 0 radical (unpaired) electrons. The van der Waals surface area contributed by atoms with Crippen molar-refractivity contribution in [3.05, 3.63) is 88.5 Å². The molecule has 0 aliphatic rings. The zero-order valence-corrected chi connectivity index (χ0v) is 16.2. The van der Waals surface area contributed by atoms with Gasteiger partial charge in [-0.3, -0.25) is 5.43 Å². The predicted molar refractivity (Wildman–Crippen MR) is 113 cm³/mol. The fraction of sp³-hybridized carbons (Fsp3) is 0.100. The number of thiocarbonyl (C=S) groups is 1. The van der Waals surface area contributed by atoms with Crippen molar-refractivity contribution >= 4 is 40.8 Å². The van der Waals surface area contributed by atoms with Crippen molar-refractivity contribution in [3.63, 3.8) is 0 Å². The molecule has 0 bridgehead atoms. The molecule has 1 aromatic heterocycles. The van der Waals surface area contributed by atoms with Crippen molar-refractivity contribution in [2.24, 2.45) is 5.10 Å². The molecule has 3 aromatic rings. The van der Waals surface area contributed by atoms with Crippen molar-refractivity contribution in [1.29, 1.82) is 0 Å². The van der Waals surface area contributed by atoms with E-state index in [1.807, 2.05) is 54.1 Å². The smallest absolute Gasteiger partial charge is 0.191 e. The van der Waals surface area contributed by atoms with Crippen molar-refractivity contribution in [2.45, 2.75) is 13.5 Å². The highest BCUT2D eigenvalue weighted by atomic mass is 35.5. The van der Waals surface area contributed by atoms with Crippen molar-refractivity contribution in [3.8, 4) is 0 Å². The van der Waals surface area contributed by atoms with E-state index in [0.29, 0.717) is 22.2 Å². The highest BCUT2D eigenvalue weighted by Gasteiger charge is 2.05. The van der Waals surface area contributed by atoms with E-state index in [0.717, 1.165) is 16.9 Å². The third-order valence-corrected chi connectivity index (χ3v) is 4.64. The standard InChI is InChI=1S/C20H18ClFN4S/c1-14-17(21)8-4-10-19(14)24-20(27)25-23-12-16-7-5-11-26(16)13-15-6-2-3-9-18(15)22/h2-12H,13H2,1H3,(H2,24,25,27)/b23-12-. The fourth-order valence-electron chi connectivity index (χ4n) is 2.55. The number of hydrogen-bond acceptors (Lipinski definition) is 2. The highest BCUT2D eigenvalue weighted by molar-refractivity contribution is 7.80. The summed E-state index contributed by atoms with van der Waals surface area (Å²) in [5.41, 5.74) is 5.95. The Hall–Kier alpha value is -2.70. The quantitative estimate of drug-likeness (QED) is 0.361. The van der Waals surface area contributed by atoms with Gasteiger partial charge in [-0.15, -0.1) is 0 Å². The summed E-state index contributed by atoms with van der Waals surface area (Å²) in [7, 11) is 0. The van der Waals surface area contributed by atoms with Gasteiger partial charge in [-0.25, -0.2) is 4.39 Å². The topological polar surface area (TPSA) is 41.4 Å². The average Bonchev–Trinajstić information content (AvgIpc) is 3.08. The van der Waals surface area contributed by atoms with Crippen LogP contribution in [-0.2, 0) is 6.54 Å². The summed E-state index contributed by atoms with van der Waals surface area (Å²) in [5.74, 6) is -0.227. The van der Waals surface area contributed by atoms with Gasteiger partial charge in [0, 0.05) is 22.5 Å². The third kappa shape index (κ3) is 4.93. The van der Waals surface area contributed by atoms with Crippen molar-refractivity contribution in [1.82, 2.24) is 9.99 Å². The van der Waals surface area contributed by atoms with Gasteiger partial charge < -0.3 is 9.88 Å². The molecule has 4 nitrogen and oxygen atoms in total. The third-order valence-electron chi connectivity index (χ3n) is 4.04. The molecule has 1 heterocycles. The number of nitrogens with zero attached hydrogens (tertiary/aromatic N) is 2. The van der Waals surface area contributed by atoms with Crippen LogP contribution in [0.5, 0.6) is 0 Å². The number of benzene rings is 2. The van der Waals surface area contributed by atoms with Crippen molar-refractivity contribution in [2.75, 3.05) is 5.32 Å². The predicted octanol–water partition coefficient (Wildman–Crippen LogP) is 4.96. The Balaban J connectivity index is 1.62. The summed E-state index contributed by atoms with van der Waals surface area (Å²) < 4.78 is 15.7. The molecule has 27 heavy (non-hydrogen) atoms. The second-order valence-corrected chi connectivity index (χ2v) is 6.70. The molecule has 0 saturated heterocycles. The number of hydrogen-bond donors (Lipinski definition) is 2.